The molecule has 0 bridgehead atoms. The van der Waals surface area contributed by atoms with Crippen LogP contribution in [0.4, 0.5) is 4.39 Å². The number of benzene rings is 2. The Morgan fingerprint density at radius 3 is 2.48 bits per heavy atom. The van der Waals surface area contributed by atoms with Crippen LogP contribution >= 0.6 is 11.3 Å². The van der Waals surface area contributed by atoms with Crippen LogP contribution in [0.25, 0.3) is 21.5 Å². The molecule has 0 fully saturated rings. The van der Waals surface area contributed by atoms with Crippen molar-refractivity contribution in [3.05, 3.63) is 80.8 Å². The second-order valence-corrected chi connectivity index (χ2v) is 7.62. The second-order valence-electron chi connectivity index (χ2n) is 6.42. The fraction of sp³-hybridized carbons (Fsp3) is 0.143. The van der Waals surface area contributed by atoms with Gasteiger partial charge < -0.3 is 4.74 Å². The minimum atomic E-state index is -0.426. The molecule has 0 unspecified atom stereocenters. The predicted molar refractivity (Wildman–Crippen MR) is 109 cm³/mol. The number of hydrogen-bond donors (Lipinski definition) is 0. The summed E-state index contributed by atoms with van der Waals surface area (Å²) in [6.45, 7) is 2.04. The fourth-order valence-corrected chi connectivity index (χ4v) is 3.92. The number of nitrogens with zero attached hydrogens (tertiary/aromatic N) is 3. The fourth-order valence-electron chi connectivity index (χ4n) is 3.01. The van der Waals surface area contributed by atoms with Crippen LogP contribution in [0.1, 0.15) is 20.9 Å². The SMILES string of the molecule is COC(=O)c1ccc(Cn2nc(-c3ccc(F)cc3)c3sc(C)nc3c2=O)cc1. The number of halogens is 1. The number of thiazole rings is 1. The zero-order valence-corrected chi connectivity index (χ0v) is 16.5. The molecule has 29 heavy (non-hydrogen) atoms. The lowest BCUT2D eigenvalue weighted by atomic mass is 10.1. The summed E-state index contributed by atoms with van der Waals surface area (Å²) in [7, 11) is 1.32. The van der Waals surface area contributed by atoms with Crippen molar-refractivity contribution >= 4 is 27.5 Å². The van der Waals surface area contributed by atoms with Crippen LogP contribution in [0.2, 0.25) is 0 Å². The third kappa shape index (κ3) is 3.66. The molecule has 8 heteroatoms. The van der Waals surface area contributed by atoms with E-state index in [0.717, 1.165) is 10.6 Å². The number of carbonyl (C=O) groups excluding carboxylic acids is 1. The molecule has 2 aromatic heterocycles. The molecule has 0 atom stereocenters. The highest BCUT2D eigenvalue weighted by Gasteiger charge is 2.17. The van der Waals surface area contributed by atoms with Gasteiger partial charge >= 0.3 is 5.97 Å². The average Bonchev–Trinajstić information content (AvgIpc) is 3.13. The van der Waals surface area contributed by atoms with E-state index >= 15 is 0 Å². The normalized spacial score (nSPS) is 11.0. The van der Waals surface area contributed by atoms with E-state index in [1.165, 1.54) is 35.3 Å². The van der Waals surface area contributed by atoms with Gasteiger partial charge in [0.15, 0.2) is 5.52 Å². The average molecular weight is 409 g/mol. The minimum absolute atomic E-state index is 0.209. The topological polar surface area (TPSA) is 74.1 Å². The van der Waals surface area contributed by atoms with Gasteiger partial charge in [0, 0.05) is 5.56 Å². The lowest BCUT2D eigenvalue weighted by molar-refractivity contribution is 0.0600. The van der Waals surface area contributed by atoms with Crippen molar-refractivity contribution in [3.63, 3.8) is 0 Å². The number of aromatic nitrogens is 3. The minimum Gasteiger partial charge on any atom is -0.465 e. The molecule has 0 saturated carbocycles. The van der Waals surface area contributed by atoms with Crippen LogP contribution in [-0.4, -0.2) is 27.8 Å². The summed E-state index contributed by atoms with van der Waals surface area (Å²) >= 11 is 1.38. The van der Waals surface area contributed by atoms with Gasteiger partial charge in [0.25, 0.3) is 5.56 Å². The molecule has 0 amide bonds. The summed E-state index contributed by atoms with van der Waals surface area (Å²) < 4.78 is 20.1. The molecule has 0 spiro atoms. The van der Waals surface area contributed by atoms with Gasteiger partial charge in [0.2, 0.25) is 0 Å². The summed E-state index contributed by atoms with van der Waals surface area (Å²) in [5.41, 5.74) is 2.55. The monoisotopic (exact) mass is 409 g/mol. The predicted octanol–water partition coefficient (Wildman–Crippen LogP) is 3.80. The van der Waals surface area contributed by atoms with E-state index in [1.54, 1.807) is 36.4 Å². The summed E-state index contributed by atoms with van der Waals surface area (Å²) in [6.07, 6.45) is 0. The second kappa shape index (κ2) is 7.56. The van der Waals surface area contributed by atoms with Crippen LogP contribution < -0.4 is 5.56 Å². The molecule has 146 valence electrons. The smallest absolute Gasteiger partial charge is 0.337 e. The van der Waals surface area contributed by atoms with E-state index in [2.05, 4.69) is 10.1 Å². The van der Waals surface area contributed by atoms with Crippen molar-refractivity contribution in [3.8, 4) is 11.3 Å². The van der Waals surface area contributed by atoms with Crippen molar-refractivity contribution in [2.24, 2.45) is 0 Å². The highest BCUT2D eigenvalue weighted by atomic mass is 32.1. The van der Waals surface area contributed by atoms with E-state index in [1.807, 2.05) is 6.92 Å². The van der Waals surface area contributed by atoms with Gasteiger partial charge in [-0.1, -0.05) is 12.1 Å². The molecule has 0 saturated heterocycles. The Labute approximate surface area is 169 Å². The van der Waals surface area contributed by atoms with Crippen molar-refractivity contribution in [2.45, 2.75) is 13.5 Å². The first-order valence-electron chi connectivity index (χ1n) is 8.77. The summed E-state index contributed by atoms with van der Waals surface area (Å²) in [5.74, 6) is -0.769. The number of carbonyl (C=O) groups is 1. The van der Waals surface area contributed by atoms with Gasteiger partial charge in [-0.3, -0.25) is 4.79 Å². The number of methoxy groups -OCH3 is 1. The molecule has 6 nitrogen and oxygen atoms in total. The molecule has 0 aliphatic carbocycles. The van der Waals surface area contributed by atoms with Crippen LogP contribution in [-0.2, 0) is 11.3 Å². The van der Waals surface area contributed by atoms with Crippen molar-refractivity contribution in [1.82, 2.24) is 14.8 Å². The molecule has 4 aromatic rings. The standard InChI is InChI=1S/C21H16FN3O3S/c1-12-23-18-19(29-12)17(14-7-9-16(22)10-8-14)24-25(20(18)26)11-13-3-5-15(6-4-13)21(27)28-2/h3-10H,11H2,1-2H3. The molecule has 2 heterocycles. The summed E-state index contributed by atoms with van der Waals surface area (Å²) in [4.78, 5) is 28.9. The summed E-state index contributed by atoms with van der Waals surface area (Å²) in [5, 5.41) is 5.30. The first kappa shape index (κ1) is 18.9. The Morgan fingerprint density at radius 1 is 1.14 bits per heavy atom. The number of hydrogen-bond acceptors (Lipinski definition) is 6. The maximum Gasteiger partial charge on any atom is 0.337 e. The van der Waals surface area contributed by atoms with Gasteiger partial charge in [-0.2, -0.15) is 5.10 Å². The highest BCUT2D eigenvalue weighted by Crippen LogP contribution is 2.29. The molecule has 2 aromatic carbocycles. The van der Waals surface area contributed by atoms with Crippen LogP contribution in [0.3, 0.4) is 0 Å². The van der Waals surface area contributed by atoms with Crippen molar-refractivity contribution in [2.75, 3.05) is 7.11 Å². The van der Waals surface area contributed by atoms with E-state index in [-0.39, 0.29) is 17.9 Å². The van der Waals surface area contributed by atoms with Crippen molar-refractivity contribution < 1.29 is 13.9 Å². The first-order valence-corrected chi connectivity index (χ1v) is 9.59. The number of esters is 1. The number of aryl methyl sites for hydroxylation is 1. The van der Waals surface area contributed by atoms with E-state index in [9.17, 15) is 14.0 Å². The Morgan fingerprint density at radius 2 is 1.83 bits per heavy atom. The molecule has 4 rings (SSSR count). The number of ether oxygens (including phenoxy) is 1. The zero-order chi connectivity index (χ0) is 20.5. The third-order valence-electron chi connectivity index (χ3n) is 4.43. The Kier molecular flexibility index (Phi) is 4.94. The summed E-state index contributed by atoms with van der Waals surface area (Å²) in [6, 6.07) is 12.7. The molecule has 0 radical (unpaired) electrons. The number of fused-ring (bicyclic) bond motifs is 1. The van der Waals surface area contributed by atoms with Gasteiger partial charge in [0.1, 0.15) is 11.5 Å². The van der Waals surface area contributed by atoms with E-state index in [0.29, 0.717) is 27.0 Å². The quantitative estimate of drug-likeness (QED) is 0.479. The lowest BCUT2D eigenvalue weighted by Crippen LogP contribution is -2.24. The molecule has 0 N–H and O–H groups in total. The molecule has 0 aliphatic rings. The van der Waals surface area contributed by atoms with Gasteiger partial charge in [-0.25, -0.2) is 18.9 Å². The maximum atomic E-state index is 13.3. The van der Waals surface area contributed by atoms with Gasteiger partial charge in [-0.15, -0.1) is 11.3 Å². The molecular formula is C21H16FN3O3S. The van der Waals surface area contributed by atoms with Crippen LogP contribution in [0, 0.1) is 12.7 Å². The Hall–Kier alpha value is -3.39. The first-order chi connectivity index (χ1) is 14.0. The Bertz CT molecular complexity index is 1260. The van der Waals surface area contributed by atoms with Gasteiger partial charge in [0.05, 0.1) is 28.9 Å². The third-order valence-corrected chi connectivity index (χ3v) is 5.41. The Balaban J connectivity index is 1.80. The number of rotatable bonds is 4. The molecule has 0 aliphatic heterocycles. The van der Waals surface area contributed by atoms with Gasteiger partial charge in [-0.05, 0) is 48.9 Å². The van der Waals surface area contributed by atoms with Crippen LogP contribution in [0.5, 0.6) is 0 Å². The van der Waals surface area contributed by atoms with E-state index in [4.69, 9.17) is 4.74 Å². The zero-order valence-electron chi connectivity index (χ0n) is 15.7. The highest BCUT2D eigenvalue weighted by molar-refractivity contribution is 7.19. The van der Waals surface area contributed by atoms with Crippen LogP contribution in [0.15, 0.2) is 53.3 Å². The maximum absolute atomic E-state index is 13.3. The lowest BCUT2D eigenvalue weighted by Gasteiger charge is -2.09. The van der Waals surface area contributed by atoms with Crippen molar-refractivity contribution in [1.29, 1.82) is 0 Å². The largest absolute Gasteiger partial charge is 0.465 e. The van der Waals surface area contributed by atoms with E-state index < -0.39 is 5.97 Å². The molecular weight excluding hydrogens is 393 g/mol.